The quantitative estimate of drug-likeness (QED) is 0.556. The lowest BCUT2D eigenvalue weighted by Crippen LogP contribution is -2.17. The molecule has 0 aliphatic carbocycles. The number of halogens is 1. The topological polar surface area (TPSA) is 75.3 Å². The first kappa shape index (κ1) is 20.1. The average molecular weight is 459 g/mol. The summed E-state index contributed by atoms with van der Waals surface area (Å²) in [6, 6.07) is 18.9. The van der Waals surface area contributed by atoms with Gasteiger partial charge in [0.25, 0.3) is 15.9 Å². The van der Waals surface area contributed by atoms with Gasteiger partial charge in [0.05, 0.1) is 10.6 Å². The minimum atomic E-state index is -3.84. The van der Waals surface area contributed by atoms with E-state index in [1.54, 1.807) is 49.4 Å². The van der Waals surface area contributed by atoms with Gasteiger partial charge in [-0.25, -0.2) is 8.42 Å². The van der Waals surface area contributed by atoms with Gasteiger partial charge in [-0.3, -0.25) is 9.52 Å². The molecule has 0 aliphatic rings. The Balaban J connectivity index is 1.90. The van der Waals surface area contributed by atoms with E-state index in [1.807, 2.05) is 25.1 Å². The number of hydrogen-bond donors (Lipinski definition) is 2. The molecule has 1 amide bonds. The first-order valence-electron chi connectivity index (χ1n) is 8.52. The molecular weight excluding hydrogens is 440 g/mol. The molecule has 0 spiro atoms. The molecule has 0 heterocycles. The van der Waals surface area contributed by atoms with Gasteiger partial charge in [-0.2, -0.15) is 0 Å². The molecule has 0 aromatic heterocycles. The third-order valence-corrected chi connectivity index (χ3v) is 6.21. The van der Waals surface area contributed by atoms with E-state index in [2.05, 4.69) is 26.0 Å². The minimum absolute atomic E-state index is 0.0673. The smallest absolute Gasteiger partial charge is 0.262 e. The number of carbonyl (C=O) groups excluding carboxylic acids is 1. The van der Waals surface area contributed by atoms with E-state index >= 15 is 0 Å². The van der Waals surface area contributed by atoms with Crippen molar-refractivity contribution in [3.8, 4) is 0 Å². The van der Waals surface area contributed by atoms with Gasteiger partial charge in [0.1, 0.15) is 0 Å². The van der Waals surface area contributed by atoms with E-state index in [4.69, 9.17) is 0 Å². The summed E-state index contributed by atoms with van der Waals surface area (Å²) in [5.41, 5.74) is 2.75. The first-order valence-corrected chi connectivity index (χ1v) is 10.8. The van der Waals surface area contributed by atoms with E-state index in [0.717, 1.165) is 10.0 Å². The van der Waals surface area contributed by atoms with E-state index in [-0.39, 0.29) is 16.4 Å². The van der Waals surface area contributed by atoms with Crippen molar-refractivity contribution in [1.29, 1.82) is 0 Å². The van der Waals surface area contributed by atoms with E-state index in [0.29, 0.717) is 16.9 Å². The lowest BCUT2D eigenvalue weighted by atomic mass is 10.1. The highest BCUT2D eigenvalue weighted by Gasteiger charge is 2.20. The van der Waals surface area contributed by atoms with Crippen LogP contribution in [-0.2, 0) is 10.0 Å². The summed E-state index contributed by atoms with van der Waals surface area (Å²) >= 11 is 3.35. The zero-order chi connectivity index (χ0) is 20.3. The summed E-state index contributed by atoms with van der Waals surface area (Å²) in [5, 5.41) is 2.77. The molecule has 0 saturated heterocycles. The van der Waals surface area contributed by atoms with Gasteiger partial charge in [0.15, 0.2) is 0 Å². The summed E-state index contributed by atoms with van der Waals surface area (Å²) < 4.78 is 29.2. The fraction of sp³-hybridized carbons (Fsp3) is 0.0952. The summed E-state index contributed by atoms with van der Waals surface area (Å²) in [6.45, 7) is 3.52. The predicted octanol–water partition coefficient (Wildman–Crippen LogP) is 5.12. The molecule has 3 rings (SSSR count). The molecule has 28 heavy (non-hydrogen) atoms. The van der Waals surface area contributed by atoms with Gasteiger partial charge in [0, 0.05) is 15.7 Å². The molecule has 0 saturated carbocycles. The summed E-state index contributed by atoms with van der Waals surface area (Å²) in [6.07, 6.45) is 0. The number of hydrogen-bond acceptors (Lipinski definition) is 3. The first-order chi connectivity index (χ1) is 13.3. The number of para-hydroxylation sites is 1. The molecule has 0 fully saturated rings. The van der Waals surface area contributed by atoms with Crippen molar-refractivity contribution in [2.75, 3.05) is 10.0 Å². The Morgan fingerprint density at radius 1 is 0.893 bits per heavy atom. The third kappa shape index (κ3) is 4.61. The number of benzene rings is 3. The number of rotatable bonds is 5. The Hall–Kier alpha value is -2.64. The molecule has 5 nitrogen and oxygen atoms in total. The molecule has 3 aromatic rings. The zero-order valence-electron chi connectivity index (χ0n) is 15.4. The number of amides is 1. The maximum Gasteiger partial charge on any atom is 0.262 e. The fourth-order valence-corrected chi connectivity index (χ4v) is 4.49. The Bertz CT molecular complexity index is 1140. The van der Waals surface area contributed by atoms with Gasteiger partial charge in [0.2, 0.25) is 0 Å². The highest BCUT2D eigenvalue weighted by molar-refractivity contribution is 9.10. The standard InChI is InChI=1S/C21H19BrN2O3S/c1-14-6-3-4-9-19(14)24-28(26,27)20-12-16(11-10-15(20)2)21(25)23-18-8-5-7-17(22)13-18/h3-13,24H,1-2H3,(H,23,25). The highest BCUT2D eigenvalue weighted by Crippen LogP contribution is 2.23. The van der Waals surface area contributed by atoms with Crippen LogP contribution in [0, 0.1) is 13.8 Å². The monoisotopic (exact) mass is 458 g/mol. The largest absolute Gasteiger partial charge is 0.322 e. The minimum Gasteiger partial charge on any atom is -0.322 e. The molecule has 2 N–H and O–H groups in total. The van der Waals surface area contributed by atoms with E-state index in [9.17, 15) is 13.2 Å². The van der Waals surface area contributed by atoms with Crippen LogP contribution in [0.25, 0.3) is 0 Å². The van der Waals surface area contributed by atoms with Crippen LogP contribution in [0.1, 0.15) is 21.5 Å². The van der Waals surface area contributed by atoms with Crippen molar-refractivity contribution in [3.05, 3.63) is 87.9 Å². The summed E-state index contributed by atoms with van der Waals surface area (Å²) in [7, 11) is -3.84. The molecule has 0 unspecified atom stereocenters. The van der Waals surface area contributed by atoms with Crippen LogP contribution < -0.4 is 10.0 Å². The average Bonchev–Trinajstić information content (AvgIpc) is 2.63. The molecule has 3 aromatic carbocycles. The maximum absolute atomic E-state index is 12.9. The van der Waals surface area contributed by atoms with Gasteiger partial charge in [-0.05, 0) is 61.4 Å². The number of anilines is 2. The van der Waals surface area contributed by atoms with Crippen LogP contribution in [0.2, 0.25) is 0 Å². The normalized spacial score (nSPS) is 11.1. The number of aryl methyl sites for hydroxylation is 2. The fourth-order valence-electron chi connectivity index (χ4n) is 2.69. The third-order valence-electron chi connectivity index (χ3n) is 4.21. The second-order valence-electron chi connectivity index (χ2n) is 6.37. The lowest BCUT2D eigenvalue weighted by Gasteiger charge is -2.13. The maximum atomic E-state index is 12.9. The van der Waals surface area contributed by atoms with Crippen molar-refractivity contribution >= 4 is 43.2 Å². The molecule has 7 heteroatoms. The Labute approximate surface area is 173 Å². The second kappa shape index (κ2) is 8.16. The summed E-state index contributed by atoms with van der Waals surface area (Å²) in [4.78, 5) is 12.7. The Kier molecular flexibility index (Phi) is 5.86. The van der Waals surface area contributed by atoms with Crippen molar-refractivity contribution in [2.45, 2.75) is 18.7 Å². The van der Waals surface area contributed by atoms with Crippen molar-refractivity contribution in [2.24, 2.45) is 0 Å². The van der Waals surface area contributed by atoms with E-state index in [1.165, 1.54) is 6.07 Å². The second-order valence-corrected chi connectivity index (χ2v) is 8.93. The molecule has 144 valence electrons. The van der Waals surface area contributed by atoms with Gasteiger partial charge in [-0.1, -0.05) is 46.3 Å². The number of nitrogens with one attached hydrogen (secondary N) is 2. The van der Waals surface area contributed by atoms with Crippen molar-refractivity contribution in [1.82, 2.24) is 0 Å². The number of sulfonamides is 1. The van der Waals surface area contributed by atoms with Crippen molar-refractivity contribution in [3.63, 3.8) is 0 Å². The predicted molar refractivity (Wildman–Crippen MR) is 115 cm³/mol. The molecule has 0 atom stereocenters. The van der Waals surface area contributed by atoms with Crippen molar-refractivity contribution < 1.29 is 13.2 Å². The molecular formula is C21H19BrN2O3S. The van der Waals surface area contributed by atoms with Crippen LogP contribution in [0.4, 0.5) is 11.4 Å². The Morgan fingerprint density at radius 3 is 2.36 bits per heavy atom. The van der Waals surface area contributed by atoms with Crippen LogP contribution in [-0.4, -0.2) is 14.3 Å². The zero-order valence-corrected chi connectivity index (χ0v) is 17.8. The highest BCUT2D eigenvalue weighted by atomic mass is 79.9. The van der Waals surface area contributed by atoms with Crippen LogP contribution in [0.5, 0.6) is 0 Å². The molecule has 0 bridgehead atoms. The molecule has 0 radical (unpaired) electrons. The van der Waals surface area contributed by atoms with Crippen LogP contribution >= 0.6 is 15.9 Å². The van der Waals surface area contributed by atoms with Gasteiger partial charge in [-0.15, -0.1) is 0 Å². The van der Waals surface area contributed by atoms with Crippen LogP contribution in [0.15, 0.2) is 76.1 Å². The number of carbonyl (C=O) groups is 1. The lowest BCUT2D eigenvalue weighted by molar-refractivity contribution is 0.102. The van der Waals surface area contributed by atoms with Gasteiger partial charge < -0.3 is 5.32 Å². The molecule has 0 aliphatic heterocycles. The Morgan fingerprint density at radius 2 is 1.64 bits per heavy atom. The van der Waals surface area contributed by atoms with E-state index < -0.39 is 10.0 Å². The van der Waals surface area contributed by atoms with Crippen LogP contribution in [0.3, 0.4) is 0 Å². The summed E-state index contributed by atoms with van der Waals surface area (Å²) in [5.74, 6) is -0.384. The van der Waals surface area contributed by atoms with Gasteiger partial charge >= 0.3 is 0 Å². The SMILES string of the molecule is Cc1ccccc1NS(=O)(=O)c1cc(C(=O)Nc2cccc(Br)c2)ccc1C.